The highest BCUT2D eigenvalue weighted by Crippen LogP contribution is 2.50. The summed E-state index contributed by atoms with van der Waals surface area (Å²) in [6.45, 7) is 2.18. The van der Waals surface area contributed by atoms with Crippen molar-refractivity contribution in [2.45, 2.75) is 36.7 Å². The number of rotatable bonds is 4. The number of fused-ring (bicyclic) bond motifs is 8. The number of thiol groups is 1. The highest BCUT2D eigenvalue weighted by Gasteiger charge is 2.41. The first-order chi connectivity index (χ1) is 23.2. The number of benzene rings is 5. The van der Waals surface area contributed by atoms with Crippen molar-refractivity contribution >= 4 is 63.4 Å². The number of allylic oxidation sites excluding steroid dienone is 2. The molecule has 0 amide bonds. The smallest absolute Gasteiger partial charge is 0.100 e. The van der Waals surface area contributed by atoms with Crippen LogP contribution in [0.3, 0.4) is 0 Å². The molecule has 0 spiro atoms. The molecule has 9 rings (SSSR count). The topological polar surface area (TPSA) is 28.5 Å². The predicted octanol–water partition coefficient (Wildman–Crippen LogP) is 10.6. The van der Waals surface area contributed by atoms with E-state index in [0.29, 0.717) is 0 Å². The molecule has 0 saturated heterocycles. The normalized spacial score (nSPS) is 17.9. The molecule has 2 unspecified atom stereocenters. The zero-order valence-electron chi connectivity index (χ0n) is 26.1. The maximum atomic E-state index is 5.24. The SMILES string of the molecule is Cc1ccccc1N(c1ccccc1S)C1c2cccnc2C(c2ccc3c(c2)c2c(c4ccccc43)CCC=C2)=C2C=CC=NC21. The molecule has 2 atom stereocenters. The second-order valence-corrected chi connectivity index (χ2v) is 13.1. The van der Waals surface area contributed by atoms with Crippen molar-refractivity contribution in [3.8, 4) is 0 Å². The zero-order valence-corrected chi connectivity index (χ0v) is 27.0. The van der Waals surface area contributed by atoms with Crippen LogP contribution in [0.1, 0.15) is 46.0 Å². The van der Waals surface area contributed by atoms with Crippen LogP contribution in [-0.2, 0) is 6.42 Å². The third-order valence-electron chi connectivity index (χ3n) is 10.0. The largest absolute Gasteiger partial charge is 0.330 e. The second kappa shape index (κ2) is 11.3. The van der Waals surface area contributed by atoms with Crippen molar-refractivity contribution in [1.82, 2.24) is 4.98 Å². The van der Waals surface area contributed by atoms with Crippen LogP contribution >= 0.6 is 12.6 Å². The van der Waals surface area contributed by atoms with E-state index in [4.69, 9.17) is 22.6 Å². The van der Waals surface area contributed by atoms with Gasteiger partial charge in [0.25, 0.3) is 0 Å². The number of aromatic nitrogens is 1. The van der Waals surface area contributed by atoms with Gasteiger partial charge in [0.05, 0.1) is 17.4 Å². The first-order valence-electron chi connectivity index (χ1n) is 16.4. The van der Waals surface area contributed by atoms with Crippen LogP contribution in [0.5, 0.6) is 0 Å². The zero-order chi connectivity index (χ0) is 31.5. The summed E-state index contributed by atoms with van der Waals surface area (Å²) in [4.78, 5) is 13.7. The van der Waals surface area contributed by atoms with Crippen LogP contribution in [0.4, 0.5) is 11.4 Å². The van der Waals surface area contributed by atoms with E-state index >= 15 is 0 Å². The first kappa shape index (κ1) is 28.1. The summed E-state index contributed by atoms with van der Waals surface area (Å²) >= 11 is 4.98. The molecule has 3 nitrogen and oxygen atoms in total. The molecule has 1 aliphatic heterocycles. The molecular formula is C43H33N3S. The molecule has 4 heteroatoms. The quantitative estimate of drug-likeness (QED) is 0.156. The van der Waals surface area contributed by atoms with Gasteiger partial charge in [-0.05, 0) is 106 Å². The van der Waals surface area contributed by atoms with E-state index in [0.717, 1.165) is 45.9 Å². The van der Waals surface area contributed by atoms with Gasteiger partial charge in [0.2, 0.25) is 0 Å². The Bertz CT molecular complexity index is 2320. The van der Waals surface area contributed by atoms with Gasteiger partial charge in [-0.3, -0.25) is 9.98 Å². The third-order valence-corrected chi connectivity index (χ3v) is 10.4. The van der Waals surface area contributed by atoms with Crippen molar-refractivity contribution in [2.24, 2.45) is 4.99 Å². The van der Waals surface area contributed by atoms with Gasteiger partial charge in [-0.15, -0.1) is 12.6 Å². The maximum Gasteiger partial charge on any atom is 0.100 e. The van der Waals surface area contributed by atoms with E-state index in [9.17, 15) is 0 Å². The van der Waals surface area contributed by atoms with Crippen LogP contribution in [0.15, 0.2) is 143 Å². The molecule has 47 heavy (non-hydrogen) atoms. The molecule has 0 radical (unpaired) electrons. The maximum absolute atomic E-state index is 5.24. The summed E-state index contributed by atoms with van der Waals surface area (Å²) in [6, 6.07) is 36.9. The number of nitrogens with zero attached hydrogens (tertiary/aromatic N) is 3. The Hall–Kier alpha value is -5.19. The first-order valence-corrected chi connectivity index (χ1v) is 16.8. The number of aliphatic imine (C=N–C) groups is 1. The van der Waals surface area contributed by atoms with Crippen LogP contribution < -0.4 is 4.90 Å². The van der Waals surface area contributed by atoms with Gasteiger partial charge >= 0.3 is 0 Å². The number of anilines is 2. The Kier molecular flexibility index (Phi) is 6.72. The van der Waals surface area contributed by atoms with E-state index in [2.05, 4.69) is 133 Å². The van der Waals surface area contributed by atoms with Crippen LogP contribution in [0, 0.1) is 6.92 Å². The molecular weight excluding hydrogens is 591 g/mol. The minimum Gasteiger partial charge on any atom is -0.330 e. The van der Waals surface area contributed by atoms with Crippen molar-refractivity contribution in [1.29, 1.82) is 0 Å². The summed E-state index contributed by atoms with van der Waals surface area (Å²) in [6.07, 6.45) is 15.0. The van der Waals surface area contributed by atoms with E-state index in [1.54, 1.807) is 0 Å². The number of dihydropyridines is 1. The van der Waals surface area contributed by atoms with Gasteiger partial charge in [-0.2, -0.15) is 0 Å². The van der Waals surface area contributed by atoms with E-state index in [-0.39, 0.29) is 12.1 Å². The molecule has 5 aromatic carbocycles. The highest BCUT2D eigenvalue weighted by atomic mass is 32.1. The monoisotopic (exact) mass is 623 g/mol. The summed E-state index contributed by atoms with van der Waals surface area (Å²) < 4.78 is 0. The third kappa shape index (κ3) is 4.43. The number of pyridine rings is 1. The standard InChI is InChI=1S/C43H33N3S/c1-27-12-2-7-19-37(27)46(38-20-8-9-21-39(38)47)43-35-18-11-24-44-41(35)40(34-17-10-25-45-42(34)43)28-22-23-33-31-15-4-3-13-29(31)30-14-5-6-16-32(30)36(33)26-28/h2-4,6-13,15-26,42-43,47H,5,14H2,1H3. The Morgan fingerprint density at radius 3 is 2.43 bits per heavy atom. The fourth-order valence-corrected chi connectivity index (χ4v) is 8.24. The molecule has 3 aliphatic rings. The Morgan fingerprint density at radius 2 is 1.55 bits per heavy atom. The van der Waals surface area contributed by atoms with Crippen molar-refractivity contribution in [3.05, 3.63) is 167 Å². The molecule has 0 bridgehead atoms. The molecule has 2 heterocycles. The van der Waals surface area contributed by atoms with E-state index in [1.807, 2.05) is 18.5 Å². The average molecular weight is 624 g/mol. The lowest BCUT2D eigenvalue weighted by atomic mass is 9.76. The molecule has 0 fully saturated rings. The minimum absolute atomic E-state index is 0.131. The molecule has 6 aromatic rings. The summed E-state index contributed by atoms with van der Waals surface area (Å²) in [5.41, 5.74) is 11.8. The fraction of sp³-hybridized carbons (Fsp3) is 0.116. The fourth-order valence-electron chi connectivity index (χ4n) is 7.97. The highest BCUT2D eigenvalue weighted by molar-refractivity contribution is 7.80. The number of para-hydroxylation sites is 2. The van der Waals surface area contributed by atoms with Gasteiger partial charge in [-0.25, -0.2) is 0 Å². The molecule has 1 aromatic heterocycles. The van der Waals surface area contributed by atoms with Gasteiger partial charge in [-0.1, -0.05) is 91.0 Å². The van der Waals surface area contributed by atoms with Crippen molar-refractivity contribution in [3.63, 3.8) is 0 Å². The van der Waals surface area contributed by atoms with Gasteiger partial charge in [0, 0.05) is 34.1 Å². The molecule has 0 saturated carbocycles. The summed E-state index contributed by atoms with van der Waals surface area (Å²) in [5, 5.41) is 5.28. The molecule has 226 valence electrons. The van der Waals surface area contributed by atoms with Gasteiger partial charge in [0.1, 0.15) is 6.04 Å². The van der Waals surface area contributed by atoms with Gasteiger partial charge in [0.15, 0.2) is 0 Å². The van der Waals surface area contributed by atoms with Gasteiger partial charge < -0.3 is 4.90 Å². The molecule has 2 aliphatic carbocycles. The van der Waals surface area contributed by atoms with Crippen LogP contribution in [0.25, 0.3) is 33.2 Å². The molecule has 0 N–H and O–H groups in total. The summed E-state index contributed by atoms with van der Waals surface area (Å²) in [5.74, 6) is 0. The number of hydrogen-bond acceptors (Lipinski definition) is 4. The second-order valence-electron chi connectivity index (χ2n) is 12.6. The van der Waals surface area contributed by atoms with E-state index in [1.165, 1.54) is 49.4 Å². The number of aryl methyl sites for hydroxylation is 2. The lowest BCUT2D eigenvalue weighted by molar-refractivity contribution is 0.589. The minimum atomic E-state index is -0.152. The average Bonchev–Trinajstić information content (AvgIpc) is 3.13. The lowest BCUT2D eigenvalue weighted by Crippen LogP contribution is -2.38. The van der Waals surface area contributed by atoms with Crippen molar-refractivity contribution in [2.75, 3.05) is 4.90 Å². The Labute approximate surface area is 280 Å². The van der Waals surface area contributed by atoms with Crippen molar-refractivity contribution < 1.29 is 0 Å². The summed E-state index contributed by atoms with van der Waals surface area (Å²) in [7, 11) is 0. The lowest BCUT2D eigenvalue weighted by Gasteiger charge is -2.43. The van der Waals surface area contributed by atoms with Crippen LogP contribution in [-0.4, -0.2) is 17.2 Å². The van der Waals surface area contributed by atoms with Crippen LogP contribution in [0.2, 0.25) is 0 Å². The predicted molar refractivity (Wildman–Crippen MR) is 200 cm³/mol. The Morgan fingerprint density at radius 1 is 0.766 bits per heavy atom. The van der Waals surface area contributed by atoms with E-state index < -0.39 is 0 Å². The number of hydrogen-bond donors (Lipinski definition) is 1. The Balaban J connectivity index is 1.31.